The Hall–Kier alpha value is -3.21. The zero-order valence-corrected chi connectivity index (χ0v) is 11.4. The minimum atomic E-state index is -0.426. The molecule has 1 N–H and O–H groups in total. The third-order valence-corrected chi connectivity index (χ3v) is 3.48. The summed E-state index contributed by atoms with van der Waals surface area (Å²) in [5, 5.41) is 11.3. The van der Waals surface area contributed by atoms with Crippen LogP contribution in [0, 0.1) is 0 Å². The van der Waals surface area contributed by atoms with Crippen LogP contribution in [-0.4, -0.2) is 16.0 Å². The van der Waals surface area contributed by atoms with Gasteiger partial charge in [-0.25, -0.2) is 9.98 Å². The maximum absolute atomic E-state index is 12.1. The lowest BCUT2D eigenvalue weighted by Gasteiger charge is -1.94. The molecule has 0 radical (unpaired) electrons. The highest BCUT2D eigenvalue weighted by atomic mass is 16.5. The number of aromatic nitrogens is 1. The maximum Gasteiger partial charge on any atom is 0.311 e. The lowest BCUT2D eigenvalue weighted by Crippen LogP contribution is -2.22. The molecule has 0 spiro atoms. The van der Waals surface area contributed by atoms with Gasteiger partial charge in [0.15, 0.2) is 5.69 Å². The summed E-state index contributed by atoms with van der Waals surface area (Å²) in [4.78, 5) is 20.4. The monoisotopic (exact) mass is 290 g/mol. The van der Waals surface area contributed by atoms with Crippen LogP contribution in [0.1, 0.15) is 5.69 Å². The van der Waals surface area contributed by atoms with Crippen molar-refractivity contribution in [3.63, 3.8) is 0 Å². The maximum atomic E-state index is 12.1. The van der Waals surface area contributed by atoms with Gasteiger partial charge in [0.1, 0.15) is 0 Å². The van der Waals surface area contributed by atoms with Gasteiger partial charge in [0.25, 0.3) is 5.91 Å². The first-order valence-corrected chi connectivity index (χ1v) is 6.72. The first-order valence-electron chi connectivity index (χ1n) is 6.72. The number of para-hydroxylation sites is 1. The van der Waals surface area contributed by atoms with Gasteiger partial charge in [-0.05, 0) is 18.2 Å². The number of amides is 1. The van der Waals surface area contributed by atoms with Crippen molar-refractivity contribution in [3.05, 3.63) is 70.9 Å². The molecule has 1 amide bonds. The molecule has 1 aliphatic heterocycles. The summed E-state index contributed by atoms with van der Waals surface area (Å²) >= 11 is 0. The number of benzene rings is 2. The fourth-order valence-corrected chi connectivity index (χ4v) is 2.47. The van der Waals surface area contributed by atoms with Crippen LogP contribution < -0.4 is 10.6 Å². The summed E-state index contributed by atoms with van der Waals surface area (Å²) in [7, 11) is 0. The van der Waals surface area contributed by atoms with E-state index in [1.807, 2.05) is 36.4 Å². The predicted octanol–water partition coefficient (Wildman–Crippen LogP) is 1.41. The van der Waals surface area contributed by atoms with Crippen molar-refractivity contribution in [2.75, 3.05) is 0 Å². The van der Waals surface area contributed by atoms with Crippen molar-refractivity contribution < 1.29 is 14.3 Å². The number of rotatable bonds is 2. The number of oxazole rings is 1. The summed E-state index contributed by atoms with van der Waals surface area (Å²) in [6.07, 6.45) is 0. The van der Waals surface area contributed by atoms with Crippen molar-refractivity contribution in [1.82, 2.24) is 4.98 Å². The summed E-state index contributed by atoms with van der Waals surface area (Å²) in [6.45, 7) is 0. The molecule has 1 aromatic heterocycles. The van der Waals surface area contributed by atoms with E-state index in [0.717, 1.165) is 5.56 Å². The smallest absolute Gasteiger partial charge is 0.311 e. The van der Waals surface area contributed by atoms with E-state index in [1.165, 1.54) is 0 Å². The quantitative estimate of drug-likeness (QED) is 0.774. The van der Waals surface area contributed by atoms with Gasteiger partial charge in [0, 0.05) is 10.8 Å². The van der Waals surface area contributed by atoms with E-state index in [0.29, 0.717) is 10.6 Å². The summed E-state index contributed by atoms with van der Waals surface area (Å²) in [5.74, 6) is -0.545. The van der Waals surface area contributed by atoms with Gasteiger partial charge < -0.3 is 9.52 Å². The standard InChI is InChI=1S/C17H10N2O3/c20-15-13(11-8-4-5-9-12(11)18-15)14-17(21)22-16(19-14)10-6-2-1-3-7-10/h1-9,21H. The Labute approximate surface area is 124 Å². The lowest BCUT2D eigenvalue weighted by molar-refractivity contribution is -0.112. The zero-order valence-electron chi connectivity index (χ0n) is 11.4. The van der Waals surface area contributed by atoms with Crippen LogP contribution in [0.3, 0.4) is 0 Å². The molecule has 0 aliphatic carbocycles. The van der Waals surface area contributed by atoms with E-state index in [1.54, 1.807) is 18.2 Å². The molecule has 22 heavy (non-hydrogen) atoms. The number of carbonyl (C=O) groups excluding carboxylic acids is 1. The molecule has 0 saturated heterocycles. The van der Waals surface area contributed by atoms with Crippen LogP contribution in [0.5, 0.6) is 5.95 Å². The first kappa shape index (κ1) is 12.5. The number of carbonyl (C=O) groups is 1. The van der Waals surface area contributed by atoms with E-state index >= 15 is 0 Å². The third kappa shape index (κ3) is 1.83. The Bertz CT molecular complexity index is 1000. The molecule has 1 aliphatic rings. The van der Waals surface area contributed by atoms with Crippen LogP contribution in [0.25, 0.3) is 17.0 Å². The predicted molar refractivity (Wildman–Crippen MR) is 78.3 cm³/mol. The van der Waals surface area contributed by atoms with Gasteiger partial charge in [0.05, 0.1) is 10.9 Å². The Morgan fingerprint density at radius 3 is 2.50 bits per heavy atom. The van der Waals surface area contributed by atoms with E-state index < -0.39 is 5.91 Å². The molecular weight excluding hydrogens is 280 g/mol. The minimum Gasteiger partial charge on any atom is -0.479 e. The van der Waals surface area contributed by atoms with Gasteiger partial charge in [0.2, 0.25) is 5.89 Å². The molecule has 5 nitrogen and oxygen atoms in total. The SMILES string of the molecule is O=C1N=c2ccccc2=C1c1nc(-c2ccccc2)oc1O. The molecule has 2 heterocycles. The van der Waals surface area contributed by atoms with Crippen LogP contribution in [0.15, 0.2) is 64.0 Å². The van der Waals surface area contributed by atoms with Crippen LogP contribution in [0.4, 0.5) is 0 Å². The van der Waals surface area contributed by atoms with Crippen molar-refractivity contribution in [1.29, 1.82) is 0 Å². The Kier molecular flexibility index (Phi) is 2.66. The largest absolute Gasteiger partial charge is 0.479 e. The van der Waals surface area contributed by atoms with Gasteiger partial charge in [-0.3, -0.25) is 4.79 Å². The average molecular weight is 290 g/mol. The van der Waals surface area contributed by atoms with Gasteiger partial charge >= 0.3 is 5.95 Å². The molecule has 0 saturated carbocycles. The molecular formula is C17H10N2O3. The molecule has 0 atom stereocenters. The molecule has 2 aromatic carbocycles. The highest BCUT2D eigenvalue weighted by Crippen LogP contribution is 2.30. The molecule has 0 fully saturated rings. The summed E-state index contributed by atoms with van der Waals surface area (Å²) in [6, 6.07) is 16.3. The minimum absolute atomic E-state index is 0.123. The second-order valence-corrected chi connectivity index (χ2v) is 4.85. The fraction of sp³-hybridized carbons (Fsp3) is 0. The second kappa shape index (κ2) is 4.66. The number of hydrogen-bond donors (Lipinski definition) is 1. The Morgan fingerprint density at radius 2 is 1.68 bits per heavy atom. The highest BCUT2D eigenvalue weighted by Gasteiger charge is 2.26. The number of aromatic hydroxyl groups is 1. The van der Waals surface area contributed by atoms with E-state index in [2.05, 4.69) is 9.98 Å². The Morgan fingerprint density at radius 1 is 0.955 bits per heavy atom. The van der Waals surface area contributed by atoms with Crippen molar-refractivity contribution in [3.8, 4) is 17.4 Å². The van der Waals surface area contributed by atoms with Crippen molar-refractivity contribution in [2.45, 2.75) is 0 Å². The van der Waals surface area contributed by atoms with E-state index in [-0.39, 0.29) is 23.1 Å². The van der Waals surface area contributed by atoms with Crippen LogP contribution in [-0.2, 0) is 4.79 Å². The highest BCUT2D eigenvalue weighted by molar-refractivity contribution is 6.20. The zero-order chi connectivity index (χ0) is 15.1. The topological polar surface area (TPSA) is 75.7 Å². The number of hydrogen-bond acceptors (Lipinski definition) is 4. The van der Waals surface area contributed by atoms with Crippen LogP contribution in [0.2, 0.25) is 0 Å². The summed E-state index contributed by atoms with van der Waals surface area (Å²) in [5.41, 5.74) is 1.11. The number of fused-ring (bicyclic) bond motifs is 1. The molecule has 106 valence electrons. The van der Waals surface area contributed by atoms with Gasteiger partial charge in [-0.15, -0.1) is 0 Å². The van der Waals surface area contributed by atoms with Gasteiger partial charge in [-0.1, -0.05) is 36.4 Å². The van der Waals surface area contributed by atoms with Gasteiger partial charge in [-0.2, -0.15) is 0 Å². The molecule has 3 aromatic rings. The molecule has 0 unspecified atom stereocenters. The average Bonchev–Trinajstić information content (AvgIpc) is 3.07. The summed E-state index contributed by atoms with van der Waals surface area (Å²) < 4.78 is 5.31. The second-order valence-electron chi connectivity index (χ2n) is 4.85. The van der Waals surface area contributed by atoms with Crippen molar-refractivity contribution >= 4 is 11.5 Å². The normalized spacial score (nSPS) is 13.1. The van der Waals surface area contributed by atoms with Crippen LogP contribution >= 0.6 is 0 Å². The third-order valence-electron chi connectivity index (χ3n) is 3.48. The first-order chi connectivity index (χ1) is 10.7. The molecule has 0 bridgehead atoms. The Balaban J connectivity index is 1.95. The fourth-order valence-electron chi connectivity index (χ4n) is 2.47. The molecule has 4 rings (SSSR count). The van der Waals surface area contributed by atoms with E-state index in [9.17, 15) is 9.90 Å². The number of nitrogens with zero attached hydrogens (tertiary/aromatic N) is 2. The lowest BCUT2D eigenvalue weighted by atomic mass is 10.1. The van der Waals surface area contributed by atoms with Crippen molar-refractivity contribution in [2.24, 2.45) is 4.99 Å². The molecule has 5 heteroatoms. The van der Waals surface area contributed by atoms with E-state index in [4.69, 9.17) is 4.42 Å².